The van der Waals surface area contributed by atoms with Crippen LogP contribution in [0.25, 0.3) is 0 Å². The predicted molar refractivity (Wildman–Crippen MR) is 57.5 cm³/mol. The monoisotopic (exact) mass is 198 g/mol. The van der Waals surface area contributed by atoms with Crippen LogP contribution in [0.3, 0.4) is 0 Å². The van der Waals surface area contributed by atoms with E-state index >= 15 is 0 Å². The summed E-state index contributed by atoms with van der Waals surface area (Å²) in [6.07, 6.45) is 5.69. The smallest absolute Gasteiger partial charge is 0.0700 e. The lowest BCUT2D eigenvalue weighted by Crippen LogP contribution is -2.39. The fourth-order valence-electron chi connectivity index (χ4n) is 1.98. The fraction of sp³-hybridized carbons (Fsp3) is 1.00. The van der Waals surface area contributed by atoms with E-state index in [-0.39, 0.29) is 0 Å². The van der Waals surface area contributed by atoms with Crippen LogP contribution < -0.4 is 10.6 Å². The van der Waals surface area contributed by atoms with Crippen LogP contribution in [0.4, 0.5) is 0 Å². The van der Waals surface area contributed by atoms with Crippen LogP contribution in [0.5, 0.6) is 0 Å². The molecular formula is C11H22N2O. The molecule has 14 heavy (non-hydrogen) atoms. The molecule has 3 heteroatoms. The van der Waals surface area contributed by atoms with Crippen molar-refractivity contribution < 1.29 is 4.74 Å². The van der Waals surface area contributed by atoms with Crippen LogP contribution in [0.1, 0.15) is 32.6 Å². The summed E-state index contributed by atoms with van der Waals surface area (Å²) >= 11 is 0. The van der Waals surface area contributed by atoms with Crippen LogP contribution in [-0.2, 0) is 4.74 Å². The maximum absolute atomic E-state index is 5.55. The van der Waals surface area contributed by atoms with Gasteiger partial charge in [0.15, 0.2) is 0 Å². The molecule has 1 saturated carbocycles. The van der Waals surface area contributed by atoms with Gasteiger partial charge in [0, 0.05) is 31.8 Å². The lowest BCUT2D eigenvalue weighted by atomic mass is 10.2. The third-order valence-electron chi connectivity index (χ3n) is 2.94. The van der Waals surface area contributed by atoms with Gasteiger partial charge in [-0.15, -0.1) is 0 Å². The minimum Gasteiger partial charge on any atom is -0.377 e. The molecule has 0 bridgehead atoms. The maximum atomic E-state index is 5.55. The minimum atomic E-state index is 0.475. The van der Waals surface area contributed by atoms with E-state index in [0.29, 0.717) is 12.1 Å². The Labute approximate surface area is 86.6 Å². The highest BCUT2D eigenvalue weighted by Crippen LogP contribution is 2.19. The van der Waals surface area contributed by atoms with Gasteiger partial charge in [-0.05, 0) is 32.6 Å². The molecule has 0 radical (unpaired) electrons. The van der Waals surface area contributed by atoms with E-state index in [2.05, 4.69) is 17.6 Å². The minimum absolute atomic E-state index is 0.475. The van der Waals surface area contributed by atoms with E-state index in [0.717, 1.165) is 25.7 Å². The van der Waals surface area contributed by atoms with Crippen molar-refractivity contribution >= 4 is 0 Å². The highest BCUT2D eigenvalue weighted by Gasteiger charge is 2.22. The normalized spacial score (nSPS) is 29.4. The zero-order valence-corrected chi connectivity index (χ0v) is 9.09. The van der Waals surface area contributed by atoms with Crippen LogP contribution in [0.15, 0.2) is 0 Å². The molecule has 2 aliphatic rings. The van der Waals surface area contributed by atoms with Gasteiger partial charge in [-0.3, -0.25) is 0 Å². The van der Waals surface area contributed by atoms with E-state index < -0.39 is 0 Å². The molecule has 0 spiro atoms. The lowest BCUT2D eigenvalue weighted by Gasteiger charge is -2.16. The summed E-state index contributed by atoms with van der Waals surface area (Å²) in [6, 6.07) is 1.42. The Balaban J connectivity index is 1.48. The Morgan fingerprint density at radius 1 is 1.36 bits per heavy atom. The van der Waals surface area contributed by atoms with Crippen LogP contribution in [0, 0.1) is 0 Å². The SMILES string of the molecule is CC(CNCC1CCCO1)NC1CC1. The van der Waals surface area contributed by atoms with Gasteiger partial charge < -0.3 is 15.4 Å². The van der Waals surface area contributed by atoms with Crippen molar-refractivity contribution in [3.63, 3.8) is 0 Å². The molecule has 2 N–H and O–H groups in total. The number of hydrogen-bond donors (Lipinski definition) is 2. The summed E-state index contributed by atoms with van der Waals surface area (Å²) < 4.78 is 5.55. The van der Waals surface area contributed by atoms with Crippen molar-refractivity contribution in [1.82, 2.24) is 10.6 Å². The zero-order chi connectivity index (χ0) is 9.80. The molecule has 0 aromatic carbocycles. The Morgan fingerprint density at radius 2 is 2.21 bits per heavy atom. The highest BCUT2D eigenvalue weighted by atomic mass is 16.5. The second-order valence-corrected chi connectivity index (χ2v) is 4.64. The van der Waals surface area contributed by atoms with Gasteiger partial charge in [0.05, 0.1) is 6.10 Å². The summed E-state index contributed by atoms with van der Waals surface area (Å²) in [7, 11) is 0. The highest BCUT2D eigenvalue weighted by molar-refractivity contribution is 4.84. The molecule has 2 atom stereocenters. The Hall–Kier alpha value is -0.120. The fourth-order valence-corrected chi connectivity index (χ4v) is 1.98. The van der Waals surface area contributed by atoms with Gasteiger partial charge in [0.25, 0.3) is 0 Å². The van der Waals surface area contributed by atoms with Crippen LogP contribution >= 0.6 is 0 Å². The summed E-state index contributed by atoms with van der Waals surface area (Å²) in [4.78, 5) is 0. The molecule has 1 aliphatic heterocycles. The second-order valence-electron chi connectivity index (χ2n) is 4.64. The van der Waals surface area contributed by atoms with Crippen molar-refractivity contribution in [2.75, 3.05) is 19.7 Å². The van der Waals surface area contributed by atoms with Gasteiger partial charge in [0.1, 0.15) is 0 Å². The van der Waals surface area contributed by atoms with Gasteiger partial charge >= 0.3 is 0 Å². The number of nitrogens with one attached hydrogen (secondary N) is 2. The average Bonchev–Trinajstić information content (AvgIpc) is 2.82. The van der Waals surface area contributed by atoms with Gasteiger partial charge in [-0.25, -0.2) is 0 Å². The molecular weight excluding hydrogens is 176 g/mol. The van der Waals surface area contributed by atoms with Gasteiger partial charge in [-0.2, -0.15) is 0 Å². The van der Waals surface area contributed by atoms with Crippen molar-refractivity contribution in [1.29, 1.82) is 0 Å². The van der Waals surface area contributed by atoms with Gasteiger partial charge in [0.2, 0.25) is 0 Å². The zero-order valence-electron chi connectivity index (χ0n) is 9.09. The first-order valence-electron chi connectivity index (χ1n) is 5.93. The van der Waals surface area contributed by atoms with Gasteiger partial charge in [-0.1, -0.05) is 0 Å². The summed E-state index contributed by atoms with van der Waals surface area (Å²) in [5.74, 6) is 0. The molecule has 0 aromatic heterocycles. The average molecular weight is 198 g/mol. The number of rotatable bonds is 6. The number of hydrogen-bond acceptors (Lipinski definition) is 3. The largest absolute Gasteiger partial charge is 0.377 e. The van der Waals surface area contributed by atoms with E-state index in [9.17, 15) is 0 Å². The van der Waals surface area contributed by atoms with Crippen molar-refractivity contribution in [2.24, 2.45) is 0 Å². The molecule has 0 aromatic rings. The quantitative estimate of drug-likeness (QED) is 0.665. The molecule has 2 unspecified atom stereocenters. The maximum Gasteiger partial charge on any atom is 0.0700 e. The molecule has 1 heterocycles. The Bertz CT molecular complexity index is 165. The molecule has 2 rings (SSSR count). The van der Waals surface area contributed by atoms with Crippen molar-refractivity contribution in [3.8, 4) is 0 Å². The molecule has 82 valence electrons. The van der Waals surface area contributed by atoms with E-state index in [4.69, 9.17) is 4.74 Å². The predicted octanol–water partition coefficient (Wildman–Crippen LogP) is 0.895. The standard InChI is InChI=1S/C11H22N2O/c1-9(13-10-4-5-10)7-12-8-11-3-2-6-14-11/h9-13H,2-8H2,1H3. The summed E-state index contributed by atoms with van der Waals surface area (Å²) in [6.45, 7) is 5.30. The van der Waals surface area contributed by atoms with Crippen LogP contribution in [0.2, 0.25) is 0 Å². The Morgan fingerprint density at radius 3 is 2.86 bits per heavy atom. The molecule has 3 nitrogen and oxygen atoms in total. The van der Waals surface area contributed by atoms with Crippen LogP contribution in [-0.4, -0.2) is 37.9 Å². The number of ether oxygens (including phenoxy) is 1. The summed E-state index contributed by atoms with van der Waals surface area (Å²) in [5.41, 5.74) is 0. The topological polar surface area (TPSA) is 33.3 Å². The van der Waals surface area contributed by atoms with E-state index in [1.54, 1.807) is 0 Å². The third-order valence-corrected chi connectivity index (χ3v) is 2.94. The first-order chi connectivity index (χ1) is 6.84. The molecule has 1 saturated heterocycles. The van der Waals surface area contributed by atoms with E-state index in [1.165, 1.54) is 25.7 Å². The molecule has 0 amide bonds. The second kappa shape index (κ2) is 5.10. The van der Waals surface area contributed by atoms with Crippen molar-refractivity contribution in [2.45, 2.75) is 50.8 Å². The van der Waals surface area contributed by atoms with Crippen molar-refractivity contribution in [3.05, 3.63) is 0 Å². The Kier molecular flexibility index (Phi) is 3.79. The third kappa shape index (κ3) is 3.56. The first-order valence-corrected chi connectivity index (χ1v) is 5.93. The first kappa shape index (κ1) is 10.4. The molecule has 1 aliphatic carbocycles. The lowest BCUT2D eigenvalue weighted by molar-refractivity contribution is 0.110. The van der Waals surface area contributed by atoms with E-state index in [1.807, 2.05) is 0 Å². The summed E-state index contributed by atoms with van der Waals surface area (Å²) in [5, 5.41) is 7.05. The molecule has 2 fully saturated rings.